The first kappa shape index (κ1) is 25.9. The molecule has 1 heterocycles. The van der Waals surface area contributed by atoms with Crippen LogP contribution >= 0.6 is 0 Å². The van der Waals surface area contributed by atoms with Crippen molar-refractivity contribution in [1.82, 2.24) is 0 Å². The van der Waals surface area contributed by atoms with Gasteiger partial charge in [-0.2, -0.15) is 16.8 Å². The summed E-state index contributed by atoms with van der Waals surface area (Å²) in [4.78, 5) is 0. The highest BCUT2D eigenvalue weighted by molar-refractivity contribution is 7.82. The van der Waals surface area contributed by atoms with Crippen LogP contribution in [0.15, 0.2) is 0 Å². The lowest BCUT2D eigenvalue weighted by Crippen LogP contribution is -2.50. The molecule has 0 aromatic rings. The maximum Gasteiger partial charge on any atom is 0.409 e. The maximum absolute atomic E-state index is 10.7. The molecule has 1 fully saturated rings. The predicted molar refractivity (Wildman–Crippen MR) is 114 cm³/mol. The van der Waals surface area contributed by atoms with Crippen LogP contribution in [0.1, 0.15) is 135 Å². The molecule has 0 unspecified atom stereocenters. The molecule has 0 aromatic carbocycles. The normalized spacial score (nSPS) is 17.5. The van der Waals surface area contributed by atoms with E-state index in [9.17, 15) is 13.5 Å². The summed E-state index contributed by atoms with van der Waals surface area (Å²) in [6, 6.07) is 0. The zero-order chi connectivity index (χ0) is 20.6. The average Bonchev–Trinajstić information content (AvgIpc) is 2.62. The Bertz CT molecular complexity index is 452. The fraction of sp³-hybridized carbons (Fsp3) is 1.00. The number of aliphatic hydroxyl groups is 1. The van der Waals surface area contributed by atoms with Crippen LogP contribution in [0.5, 0.6) is 0 Å². The quantitative estimate of drug-likeness (QED) is 0.221. The van der Waals surface area contributed by atoms with Gasteiger partial charge in [-0.25, -0.2) is 0 Å². The van der Waals surface area contributed by atoms with Crippen LogP contribution < -0.4 is 0 Å². The zero-order valence-corrected chi connectivity index (χ0v) is 18.9. The van der Waals surface area contributed by atoms with E-state index < -0.39 is 16.4 Å². The van der Waals surface area contributed by atoms with Gasteiger partial charge < -0.3 is 5.11 Å². The molecule has 0 amide bonds. The first-order valence-electron chi connectivity index (χ1n) is 11.9. The Morgan fingerprint density at radius 2 is 0.857 bits per heavy atom. The second-order valence-electron chi connectivity index (χ2n) is 8.40. The van der Waals surface area contributed by atoms with Crippen LogP contribution in [0, 0.1) is 0 Å². The van der Waals surface area contributed by atoms with E-state index in [0.29, 0.717) is 6.42 Å². The number of unbranched alkanes of at least 4 members (excludes halogenated alkanes) is 18. The Hall–Kier alpha value is -0.170. The van der Waals surface area contributed by atoms with Crippen LogP contribution in [0.2, 0.25) is 0 Å². The number of rotatable bonds is 20. The number of hydrogen-bond acceptors (Lipinski definition) is 5. The van der Waals surface area contributed by atoms with E-state index >= 15 is 0 Å². The van der Waals surface area contributed by atoms with Gasteiger partial charge >= 0.3 is 16.4 Å². The van der Waals surface area contributed by atoms with Crippen molar-refractivity contribution in [2.75, 3.05) is 0 Å². The van der Waals surface area contributed by atoms with E-state index in [1.165, 1.54) is 103 Å². The summed E-state index contributed by atoms with van der Waals surface area (Å²) in [6.07, 6.45) is 25.0. The molecule has 0 aliphatic carbocycles. The van der Waals surface area contributed by atoms with E-state index in [-0.39, 0.29) is 6.42 Å². The summed E-state index contributed by atoms with van der Waals surface area (Å²) < 4.78 is 30.1. The van der Waals surface area contributed by atoms with Crippen molar-refractivity contribution >= 4 is 10.4 Å². The summed E-state index contributed by atoms with van der Waals surface area (Å²) in [5.74, 6) is -1.90. The largest absolute Gasteiger partial charge is 0.409 e. The van der Waals surface area contributed by atoms with Crippen molar-refractivity contribution in [3.8, 4) is 0 Å². The Morgan fingerprint density at radius 1 is 0.571 bits per heavy atom. The van der Waals surface area contributed by atoms with Gasteiger partial charge in [0.05, 0.1) is 0 Å². The van der Waals surface area contributed by atoms with Crippen molar-refractivity contribution < 1.29 is 21.9 Å². The molecule has 0 radical (unpaired) electrons. The first-order valence-corrected chi connectivity index (χ1v) is 13.2. The van der Waals surface area contributed by atoms with Crippen molar-refractivity contribution in [3.63, 3.8) is 0 Å². The fourth-order valence-corrected chi connectivity index (χ4v) is 4.65. The van der Waals surface area contributed by atoms with E-state index in [1.807, 2.05) is 0 Å². The van der Waals surface area contributed by atoms with Crippen molar-refractivity contribution in [1.29, 1.82) is 0 Å². The van der Waals surface area contributed by atoms with Gasteiger partial charge in [-0.05, 0) is 6.42 Å². The van der Waals surface area contributed by atoms with Crippen LogP contribution in [-0.4, -0.2) is 19.5 Å². The second-order valence-corrected chi connectivity index (χ2v) is 9.55. The molecule has 1 N–H and O–H groups in total. The molecule has 1 aliphatic rings. The Morgan fingerprint density at radius 3 is 1.14 bits per heavy atom. The highest BCUT2D eigenvalue weighted by Gasteiger charge is 2.50. The molecule has 0 atom stereocenters. The van der Waals surface area contributed by atoms with Crippen molar-refractivity contribution in [2.45, 2.75) is 141 Å². The first-order chi connectivity index (χ1) is 13.5. The Kier molecular flexibility index (Phi) is 14.4. The van der Waals surface area contributed by atoms with Gasteiger partial charge in [-0.1, -0.05) is 122 Å². The monoisotopic (exact) mass is 420 g/mol. The van der Waals surface area contributed by atoms with Gasteiger partial charge in [0, 0.05) is 6.42 Å². The van der Waals surface area contributed by atoms with Crippen molar-refractivity contribution in [3.05, 3.63) is 0 Å². The van der Waals surface area contributed by atoms with Gasteiger partial charge in [0.15, 0.2) is 0 Å². The van der Waals surface area contributed by atoms with Crippen LogP contribution in [0.3, 0.4) is 0 Å². The molecule has 1 aliphatic heterocycles. The highest BCUT2D eigenvalue weighted by Crippen LogP contribution is 2.32. The van der Waals surface area contributed by atoms with E-state index in [4.69, 9.17) is 0 Å². The minimum atomic E-state index is -3.91. The van der Waals surface area contributed by atoms with Crippen LogP contribution in [-0.2, 0) is 18.8 Å². The third-order valence-electron chi connectivity index (χ3n) is 5.56. The second kappa shape index (κ2) is 15.6. The Balaban J connectivity index is 1.69. The molecule has 1 rings (SSSR count). The molecule has 0 spiro atoms. The lowest BCUT2D eigenvalue weighted by molar-refractivity contribution is -0.329. The molecule has 0 bridgehead atoms. The SMILES string of the molecule is CCCCCCCCCCCCCCCCCCCCCC1(O)OS(=O)(=O)O1. The Labute approximate surface area is 173 Å². The molecular formula is C22H44O5S. The van der Waals surface area contributed by atoms with Gasteiger partial charge in [-0.15, -0.1) is 0 Å². The third-order valence-corrected chi connectivity index (χ3v) is 6.49. The highest BCUT2D eigenvalue weighted by atomic mass is 32.3. The summed E-state index contributed by atoms with van der Waals surface area (Å²) in [5, 5.41) is 9.57. The van der Waals surface area contributed by atoms with Crippen LogP contribution in [0.4, 0.5) is 0 Å². The van der Waals surface area contributed by atoms with E-state index in [1.54, 1.807) is 0 Å². The van der Waals surface area contributed by atoms with Gasteiger partial charge in [-0.3, -0.25) is 0 Å². The number of hydrogen-bond donors (Lipinski definition) is 1. The molecule has 6 heteroatoms. The lowest BCUT2D eigenvalue weighted by Gasteiger charge is -2.33. The topological polar surface area (TPSA) is 72.8 Å². The average molecular weight is 421 g/mol. The van der Waals surface area contributed by atoms with Gasteiger partial charge in [0.2, 0.25) is 0 Å². The minimum absolute atomic E-state index is 0.213. The molecular weight excluding hydrogens is 376 g/mol. The molecule has 5 nitrogen and oxygen atoms in total. The molecule has 1 saturated heterocycles. The van der Waals surface area contributed by atoms with Crippen molar-refractivity contribution in [2.24, 2.45) is 0 Å². The van der Waals surface area contributed by atoms with E-state index in [0.717, 1.165) is 12.8 Å². The smallest absolute Gasteiger partial charge is 0.342 e. The summed E-state index contributed by atoms with van der Waals surface area (Å²) >= 11 is 0. The molecule has 0 saturated carbocycles. The minimum Gasteiger partial charge on any atom is -0.342 e. The maximum atomic E-state index is 10.7. The molecule has 168 valence electrons. The molecule has 0 aromatic heterocycles. The summed E-state index contributed by atoms with van der Waals surface area (Å²) in [5.41, 5.74) is 0. The molecule has 28 heavy (non-hydrogen) atoms. The van der Waals surface area contributed by atoms with Gasteiger partial charge in [0.1, 0.15) is 0 Å². The third kappa shape index (κ3) is 13.9. The van der Waals surface area contributed by atoms with E-state index in [2.05, 4.69) is 15.3 Å². The predicted octanol–water partition coefficient (Wildman–Crippen LogP) is 6.75. The summed E-state index contributed by atoms with van der Waals surface area (Å²) in [6.45, 7) is 2.27. The van der Waals surface area contributed by atoms with Crippen LogP contribution in [0.25, 0.3) is 0 Å². The summed E-state index contributed by atoms with van der Waals surface area (Å²) in [7, 11) is -3.91. The van der Waals surface area contributed by atoms with Gasteiger partial charge in [0.25, 0.3) is 0 Å². The zero-order valence-electron chi connectivity index (χ0n) is 18.1. The standard InChI is InChI=1S/C22H44O5S/c1-2-3-4-5-6-7-8-9-10-11-12-13-14-15-16-17-18-19-20-21-22(23)26-28(24,25)27-22/h23H,2-21H2,1H3. The lowest BCUT2D eigenvalue weighted by atomic mass is 10.0. The fourth-order valence-electron chi connectivity index (χ4n) is 3.84.